The Balaban J connectivity index is 1.70. The van der Waals surface area contributed by atoms with Gasteiger partial charge in [0.1, 0.15) is 0 Å². The molecule has 0 bridgehead atoms. The van der Waals surface area contributed by atoms with Crippen LogP contribution in [0, 0.1) is 5.92 Å². The number of amides is 1. The van der Waals surface area contributed by atoms with Crippen molar-refractivity contribution in [3.8, 4) is 0 Å². The number of hydrogen-bond donors (Lipinski definition) is 0. The van der Waals surface area contributed by atoms with E-state index in [0.29, 0.717) is 0 Å². The molecule has 1 saturated heterocycles. The van der Waals surface area contributed by atoms with Crippen molar-refractivity contribution in [3.05, 3.63) is 27.3 Å². The van der Waals surface area contributed by atoms with E-state index < -0.39 is 0 Å². The fourth-order valence-electron chi connectivity index (χ4n) is 2.24. The van der Waals surface area contributed by atoms with Gasteiger partial charge in [-0.05, 0) is 48.0 Å². The lowest BCUT2D eigenvalue weighted by atomic mass is 10.00. The van der Waals surface area contributed by atoms with Crippen LogP contribution < -0.4 is 0 Å². The Morgan fingerprint density at radius 3 is 2.89 bits per heavy atom. The third-order valence-electron chi connectivity index (χ3n) is 3.48. The molecule has 0 aliphatic carbocycles. The van der Waals surface area contributed by atoms with E-state index in [1.165, 1.54) is 24.6 Å². The molecule has 0 spiro atoms. The highest BCUT2D eigenvalue weighted by Crippen LogP contribution is 2.32. The van der Waals surface area contributed by atoms with Gasteiger partial charge in [-0.3, -0.25) is 4.79 Å². The van der Waals surface area contributed by atoms with Crippen molar-refractivity contribution in [1.29, 1.82) is 0 Å². The lowest BCUT2D eigenvalue weighted by Crippen LogP contribution is -2.35. The molecule has 0 N–H and O–H groups in total. The number of amidine groups is 1. The summed E-state index contributed by atoms with van der Waals surface area (Å²) in [6.07, 6.45) is 4.33. The van der Waals surface area contributed by atoms with Gasteiger partial charge in [-0.1, -0.05) is 13.0 Å². The number of rotatable bonds is 1. The van der Waals surface area contributed by atoms with Crippen LogP contribution in [0.5, 0.6) is 0 Å². The van der Waals surface area contributed by atoms with E-state index in [1.54, 1.807) is 11.3 Å². The molecular weight excluding hydrogens is 276 g/mol. The van der Waals surface area contributed by atoms with Crippen LogP contribution in [0.25, 0.3) is 6.08 Å². The minimum atomic E-state index is -0.0907. The van der Waals surface area contributed by atoms with Crippen molar-refractivity contribution in [2.24, 2.45) is 10.9 Å². The van der Waals surface area contributed by atoms with Gasteiger partial charge in [-0.25, -0.2) is 0 Å². The molecule has 0 atom stereocenters. The predicted molar refractivity (Wildman–Crippen MR) is 82.3 cm³/mol. The average Bonchev–Trinajstić information content (AvgIpc) is 3.02. The summed E-state index contributed by atoms with van der Waals surface area (Å²) >= 11 is 3.16. The van der Waals surface area contributed by atoms with Gasteiger partial charge in [0, 0.05) is 18.0 Å². The first-order valence-electron chi connectivity index (χ1n) is 6.53. The molecule has 1 aromatic heterocycles. The fraction of sp³-hybridized carbons (Fsp3) is 0.429. The van der Waals surface area contributed by atoms with E-state index in [-0.39, 0.29) is 5.91 Å². The van der Waals surface area contributed by atoms with Gasteiger partial charge >= 0.3 is 0 Å². The fourth-order valence-corrected chi connectivity index (χ4v) is 3.92. The summed E-state index contributed by atoms with van der Waals surface area (Å²) in [5.41, 5.74) is 0. The predicted octanol–water partition coefficient (Wildman–Crippen LogP) is 3.45. The number of carbonyl (C=O) groups excluding carboxylic acids is 1. The number of piperidine rings is 1. The van der Waals surface area contributed by atoms with Gasteiger partial charge in [0.15, 0.2) is 5.17 Å². The van der Waals surface area contributed by atoms with E-state index >= 15 is 0 Å². The Hall–Kier alpha value is -1.07. The topological polar surface area (TPSA) is 32.7 Å². The van der Waals surface area contributed by atoms with Crippen molar-refractivity contribution < 1.29 is 4.79 Å². The Bertz CT molecular complexity index is 526. The zero-order valence-corrected chi connectivity index (χ0v) is 12.5. The number of thiophene rings is 1. The summed E-state index contributed by atoms with van der Waals surface area (Å²) in [5.74, 6) is 0.701. The quantitative estimate of drug-likeness (QED) is 0.743. The average molecular weight is 292 g/mol. The van der Waals surface area contributed by atoms with E-state index in [1.807, 2.05) is 23.6 Å². The van der Waals surface area contributed by atoms with E-state index in [4.69, 9.17) is 0 Å². The first kappa shape index (κ1) is 12.9. The lowest BCUT2D eigenvalue weighted by Gasteiger charge is -2.30. The van der Waals surface area contributed by atoms with Crippen molar-refractivity contribution >= 4 is 40.2 Å². The van der Waals surface area contributed by atoms with Crippen LogP contribution in [0.2, 0.25) is 0 Å². The maximum absolute atomic E-state index is 11.9. The second kappa shape index (κ2) is 5.51. The van der Waals surface area contributed by atoms with Crippen molar-refractivity contribution in [2.75, 3.05) is 13.1 Å². The smallest absolute Gasteiger partial charge is 0.286 e. The summed E-state index contributed by atoms with van der Waals surface area (Å²) < 4.78 is 0. The standard InChI is InChI=1S/C14H16N2OS2/c1-10-4-6-16(7-5-10)14-15-13(17)12(19-14)9-11-3-2-8-18-11/h2-3,8-10H,4-7H2,1H3. The Morgan fingerprint density at radius 2 is 2.21 bits per heavy atom. The van der Waals surface area contributed by atoms with Crippen LogP contribution in [0.3, 0.4) is 0 Å². The molecule has 0 saturated carbocycles. The maximum atomic E-state index is 11.9. The first-order chi connectivity index (χ1) is 9.22. The molecule has 3 rings (SSSR count). The normalized spacial score (nSPS) is 23.2. The molecule has 5 heteroatoms. The molecular formula is C14H16N2OS2. The molecule has 19 heavy (non-hydrogen) atoms. The molecule has 0 unspecified atom stereocenters. The minimum Gasteiger partial charge on any atom is -0.351 e. The molecule has 100 valence electrons. The minimum absolute atomic E-state index is 0.0907. The lowest BCUT2D eigenvalue weighted by molar-refractivity contribution is -0.113. The monoisotopic (exact) mass is 292 g/mol. The number of aliphatic imine (C=N–C) groups is 1. The van der Waals surface area contributed by atoms with Crippen LogP contribution in [0.1, 0.15) is 24.6 Å². The second-order valence-electron chi connectivity index (χ2n) is 5.00. The summed E-state index contributed by atoms with van der Waals surface area (Å²) in [6.45, 7) is 4.33. The van der Waals surface area contributed by atoms with E-state index in [2.05, 4.69) is 16.8 Å². The first-order valence-corrected chi connectivity index (χ1v) is 8.23. The maximum Gasteiger partial charge on any atom is 0.286 e. The summed E-state index contributed by atoms with van der Waals surface area (Å²) in [4.78, 5) is 20.2. The number of thioether (sulfide) groups is 1. The molecule has 2 aliphatic rings. The van der Waals surface area contributed by atoms with E-state index in [9.17, 15) is 4.79 Å². The van der Waals surface area contributed by atoms with Gasteiger partial charge in [0.25, 0.3) is 5.91 Å². The Kier molecular flexibility index (Phi) is 3.75. The summed E-state index contributed by atoms with van der Waals surface area (Å²) in [7, 11) is 0. The van der Waals surface area contributed by atoms with E-state index in [0.717, 1.165) is 34.0 Å². The van der Waals surface area contributed by atoms with Crippen LogP contribution >= 0.6 is 23.1 Å². The van der Waals surface area contributed by atoms with Crippen molar-refractivity contribution in [1.82, 2.24) is 4.90 Å². The SMILES string of the molecule is CC1CCN(C2=NC(=O)C(=Cc3cccs3)S2)CC1. The highest BCUT2D eigenvalue weighted by molar-refractivity contribution is 8.18. The van der Waals surface area contributed by atoms with Gasteiger partial charge in [0.05, 0.1) is 4.91 Å². The summed E-state index contributed by atoms with van der Waals surface area (Å²) in [5, 5.41) is 2.91. The van der Waals surface area contributed by atoms with Gasteiger partial charge in [-0.15, -0.1) is 11.3 Å². The van der Waals surface area contributed by atoms with Crippen molar-refractivity contribution in [3.63, 3.8) is 0 Å². The van der Waals surface area contributed by atoms with Crippen LogP contribution in [-0.2, 0) is 4.79 Å². The van der Waals surface area contributed by atoms with Gasteiger partial charge in [-0.2, -0.15) is 4.99 Å². The largest absolute Gasteiger partial charge is 0.351 e. The summed E-state index contributed by atoms with van der Waals surface area (Å²) in [6, 6.07) is 4.01. The highest BCUT2D eigenvalue weighted by atomic mass is 32.2. The molecule has 0 aromatic carbocycles. The second-order valence-corrected chi connectivity index (χ2v) is 6.98. The highest BCUT2D eigenvalue weighted by Gasteiger charge is 2.28. The number of likely N-dealkylation sites (tertiary alicyclic amines) is 1. The zero-order chi connectivity index (χ0) is 13.2. The zero-order valence-electron chi connectivity index (χ0n) is 10.8. The molecule has 2 aliphatic heterocycles. The van der Waals surface area contributed by atoms with Crippen LogP contribution in [0.15, 0.2) is 27.4 Å². The molecule has 1 fully saturated rings. The molecule has 3 heterocycles. The third kappa shape index (κ3) is 2.92. The van der Waals surface area contributed by atoms with Crippen LogP contribution in [-0.4, -0.2) is 29.1 Å². The van der Waals surface area contributed by atoms with Crippen molar-refractivity contribution in [2.45, 2.75) is 19.8 Å². The Labute approximate surface area is 121 Å². The molecule has 1 aromatic rings. The molecule has 0 radical (unpaired) electrons. The number of nitrogens with zero attached hydrogens (tertiary/aromatic N) is 2. The third-order valence-corrected chi connectivity index (χ3v) is 5.34. The Morgan fingerprint density at radius 1 is 1.42 bits per heavy atom. The van der Waals surface area contributed by atoms with Crippen LogP contribution in [0.4, 0.5) is 0 Å². The van der Waals surface area contributed by atoms with Gasteiger partial charge in [0.2, 0.25) is 0 Å². The molecule has 1 amide bonds. The molecule has 3 nitrogen and oxygen atoms in total. The number of carbonyl (C=O) groups is 1. The van der Waals surface area contributed by atoms with Gasteiger partial charge < -0.3 is 4.90 Å². The number of hydrogen-bond acceptors (Lipinski definition) is 4.